The number of hydrogen-bond acceptors (Lipinski definition) is 4. The minimum absolute atomic E-state index is 0.0838. The Kier molecular flexibility index (Phi) is 3.57. The molecular formula is C16H26O4. The van der Waals surface area contributed by atoms with Gasteiger partial charge in [0.1, 0.15) is 11.2 Å². The topological polar surface area (TPSA) is 66.8 Å². The molecule has 0 amide bonds. The van der Waals surface area contributed by atoms with Crippen LogP contribution in [0.2, 0.25) is 0 Å². The fraction of sp³-hybridized carbons (Fsp3) is 0.938. The lowest BCUT2D eigenvalue weighted by Gasteiger charge is -2.65. The van der Waals surface area contributed by atoms with Crippen LogP contribution >= 0.6 is 0 Å². The maximum atomic E-state index is 11.6. The predicted molar refractivity (Wildman–Crippen MR) is 74.0 cm³/mol. The molecule has 0 heterocycles. The van der Waals surface area contributed by atoms with Gasteiger partial charge in [-0.2, -0.15) is 0 Å². The molecule has 5 atom stereocenters. The van der Waals surface area contributed by atoms with Crippen LogP contribution in [0.4, 0.5) is 0 Å². The van der Waals surface area contributed by atoms with E-state index in [9.17, 15) is 15.0 Å². The van der Waals surface area contributed by atoms with Crippen molar-refractivity contribution in [3.8, 4) is 0 Å². The minimum Gasteiger partial charge on any atom is -0.458 e. The third-order valence-corrected chi connectivity index (χ3v) is 5.94. The maximum Gasteiger partial charge on any atom is 0.303 e. The van der Waals surface area contributed by atoms with E-state index in [1.165, 1.54) is 6.92 Å². The molecule has 2 N–H and O–H groups in total. The molecule has 0 spiro atoms. The standard InChI is InChI=1S/C16H26O4/c1-11(17)20-15-10-6-2-3-7-12(15)16(19)13(15)8-4-5-9-14(16)18/h12-14,18-19H,2-10H2,1H3/t12-,13+,14-,15+,16-/m0/s1. The Labute approximate surface area is 120 Å². The van der Waals surface area contributed by atoms with Crippen LogP contribution in [-0.4, -0.2) is 33.5 Å². The van der Waals surface area contributed by atoms with Gasteiger partial charge >= 0.3 is 5.97 Å². The molecule has 4 heteroatoms. The van der Waals surface area contributed by atoms with Crippen LogP contribution in [0.5, 0.6) is 0 Å². The number of esters is 1. The second-order valence-corrected chi connectivity index (χ2v) is 6.94. The fourth-order valence-corrected chi connectivity index (χ4v) is 5.24. The molecule has 3 aliphatic carbocycles. The van der Waals surface area contributed by atoms with E-state index >= 15 is 0 Å². The summed E-state index contributed by atoms with van der Waals surface area (Å²) in [7, 11) is 0. The Balaban J connectivity index is 1.97. The van der Waals surface area contributed by atoms with E-state index in [2.05, 4.69) is 0 Å². The van der Waals surface area contributed by atoms with E-state index < -0.39 is 17.3 Å². The lowest BCUT2D eigenvalue weighted by Crippen LogP contribution is -2.78. The molecule has 0 aromatic carbocycles. The summed E-state index contributed by atoms with van der Waals surface area (Å²) in [6, 6.07) is 0. The lowest BCUT2D eigenvalue weighted by atomic mass is 9.46. The summed E-state index contributed by atoms with van der Waals surface area (Å²) in [5.74, 6) is -0.420. The summed E-state index contributed by atoms with van der Waals surface area (Å²) >= 11 is 0. The first kappa shape index (κ1) is 14.3. The molecule has 4 nitrogen and oxygen atoms in total. The van der Waals surface area contributed by atoms with Crippen molar-refractivity contribution in [2.45, 2.75) is 82.0 Å². The van der Waals surface area contributed by atoms with Crippen molar-refractivity contribution >= 4 is 5.97 Å². The van der Waals surface area contributed by atoms with Gasteiger partial charge in [0, 0.05) is 18.8 Å². The Morgan fingerprint density at radius 3 is 2.30 bits per heavy atom. The van der Waals surface area contributed by atoms with Gasteiger partial charge in [0.2, 0.25) is 0 Å². The molecule has 114 valence electrons. The molecule has 20 heavy (non-hydrogen) atoms. The first-order valence-electron chi connectivity index (χ1n) is 8.12. The SMILES string of the molecule is CC(=O)O[C@]12CCCCC[C@@H]1[C@]1(O)[C@@H]2CCCC[C@@H]1O. The molecule has 3 fully saturated rings. The summed E-state index contributed by atoms with van der Waals surface area (Å²) in [5.41, 5.74) is -1.54. The number of rotatable bonds is 1. The second-order valence-electron chi connectivity index (χ2n) is 6.94. The highest BCUT2D eigenvalue weighted by Crippen LogP contribution is 2.64. The van der Waals surface area contributed by atoms with Gasteiger partial charge in [0.05, 0.1) is 6.10 Å². The Bertz CT molecular complexity index is 382. The van der Waals surface area contributed by atoms with Crippen molar-refractivity contribution in [3.63, 3.8) is 0 Å². The van der Waals surface area contributed by atoms with Crippen LogP contribution in [0, 0.1) is 11.8 Å². The van der Waals surface area contributed by atoms with Crippen molar-refractivity contribution in [2.24, 2.45) is 11.8 Å². The van der Waals surface area contributed by atoms with Gasteiger partial charge in [-0.15, -0.1) is 0 Å². The average Bonchev–Trinajstić information content (AvgIpc) is 2.64. The van der Waals surface area contributed by atoms with Crippen molar-refractivity contribution in [1.29, 1.82) is 0 Å². The zero-order valence-corrected chi connectivity index (χ0v) is 12.3. The average molecular weight is 282 g/mol. The van der Waals surface area contributed by atoms with Gasteiger partial charge in [-0.1, -0.05) is 25.7 Å². The third-order valence-electron chi connectivity index (χ3n) is 5.94. The van der Waals surface area contributed by atoms with E-state index in [-0.39, 0.29) is 17.8 Å². The van der Waals surface area contributed by atoms with Gasteiger partial charge in [0.25, 0.3) is 0 Å². The largest absolute Gasteiger partial charge is 0.458 e. The highest BCUT2D eigenvalue weighted by Gasteiger charge is 2.74. The summed E-state index contributed by atoms with van der Waals surface area (Å²) < 4.78 is 5.79. The highest BCUT2D eigenvalue weighted by atomic mass is 16.6. The molecule has 0 aromatic rings. The third kappa shape index (κ3) is 1.84. The quantitative estimate of drug-likeness (QED) is 0.723. The molecular weight excluding hydrogens is 256 g/mol. The molecule has 0 unspecified atom stereocenters. The first-order valence-corrected chi connectivity index (χ1v) is 8.12. The summed E-state index contributed by atoms with van der Waals surface area (Å²) in [6.07, 6.45) is 7.73. The fourth-order valence-electron chi connectivity index (χ4n) is 5.24. The van der Waals surface area contributed by atoms with E-state index in [4.69, 9.17) is 4.74 Å². The maximum absolute atomic E-state index is 11.6. The van der Waals surface area contributed by atoms with Crippen LogP contribution in [0.3, 0.4) is 0 Å². The molecule has 0 aromatic heterocycles. The number of carbonyl (C=O) groups excluding carboxylic acids is 1. The zero-order chi connectivity index (χ0) is 14.4. The van der Waals surface area contributed by atoms with Crippen molar-refractivity contribution in [1.82, 2.24) is 0 Å². The van der Waals surface area contributed by atoms with Crippen molar-refractivity contribution < 1.29 is 19.7 Å². The Morgan fingerprint density at radius 2 is 1.65 bits per heavy atom. The smallest absolute Gasteiger partial charge is 0.303 e. The Hall–Kier alpha value is -0.610. The van der Waals surface area contributed by atoms with Gasteiger partial charge in [-0.25, -0.2) is 0 Å². The molecule has 0 bridgehead atoms. The van der Waals surface area contributed by atoms with Gasteiger partial charge < -0.3 is 14.9 Å². The Morgan fingerprint density at radius 1 is 1.05 bits per heavy atom. The van der Waals surface area contributed by atoms with Crippen LogP contribution in [-0.2, 0) is 9.53 Å². The first-order chi connectivity index (χ1) is 9.52. The minimum atomic E-state index is -1.03. The number of aliphatic hydroxyl groups excluding tert-OH is 1. The lowest BCUT2D eigenvalue weighted by molar-refractivity contribution is -0.324. The number of fused-ring (bicyclic) bond motifs is 4. The van der Waals surface area contributed by atoms with Crippen molar-refractivity contribution in [2.75, 3.05) is 0 Å². The highest BCUT2D eigenvalue weighted by molar-refractivity contribution is 5.67. The summed E-state index contributed by atoms with van der Waals surface area (Å²) in [4.78, 5) is 11.6. The monoisotopic (exact) mass is 282 g/mol. The number of aliphatic hydroxyl groups is 2. The molecule has 3 rings (SSSR count). The zero-order valence-electron chi connectivity index (χ0n) is 12.3. The van der Waals surface area contributed by atoms with Crippen LogP contribution in [0.1, 0.15) is 64.7 Å². The van der Waals surface area contributed by atoms with E-state index in [0.29, 0.717) is 6.42 Å². The second kappa shape index (κ2) is 4.99. The molecule has 3 aliphatic rings. The number of carbonyl (C=O) groups is 1. The van der Waals surface area contributed by atoms with E-state index in [1.54, 1.807) is 0 Å². The van der Waals surface area contributed by atoms with E-state index in [1.807, 2.05) is 0 Å². The van der Waals surface area contributed by atoms with Crippen LogP contribution in [0.25, 0.3) is 0 Å². The molecule has 3 saturated carbocycles. The summed E-state index contributed by atoms with van der Waals surface area (Å²) in [5, 5.41) is 21.6. The van der Waals surface area contributed by atoms with Crippen LogP contribution < -0.4 is 0 Å². The van der Waals surface area contributed by atoms with Crippen molar-refractivity contribution in [3.05, 3.63) is 0 Å². The molecule has 0 saturated heterocycles. The van der Waals surface area contributed by atoms with Gasteiger partial charge in [-0.3, -0.25) is 4.79 Å². The summed E-state index contributed by atoms with van der Waals surface area (Å²) in [6.45, 7) is 1.46. The molecule has 0 radical (unpaired) electrons. The molecule has 0 aliphatic heterocycles. The van der Waals surface area contributed by atoms with E-state index in [0.717, 1.165) is 51.4 Å². The predicted octanol–water partition coefficient (Wildman–Crippen LogP) is 2.16. The number of hydrogen-bond donors (Lipinski definition) is 2. The van der Waals surface area contributed by atoms with Gasteiger partial charge in [-0.05, 0) is 32.1 Å². The normalized spacial score (nSPS) is 48.0. The van der Waals surface area contributed by atoms with Gasteiger partial charge in [0.15, 0.2) is 0 Å². The number of ether oxygens (including phenoxy) is 1. The van der Waals surface area contributed by atoms with Crippen LogP contribution in [0.15, 0.2) is 0 Å².